The topological polar surface area (TPSA) is 75.7 Å². The molecule has 2 fully saturated rings. The first-order valence-electron chi connectivity index (χ1n) is 9.35. The molecule has 0 radical (unpaired) electrons. The van der Waals surface area contributed by atoms with E-state index in [9.17, 15) is 14.4 Å². The van der Waals surface area contributed by atoms with E-state index >= 15 is 0 Å². The zero-order chi connectivity index (χ0) is 18.5. The summed E-state index contributed by atoms with van der Waals surface area (Å²) in [6.45, 7) is 0.678. The van der Waals surface area contributed by atoms with Crippen molar-refractivity contribution in [1.82, 2.24) is 10.2 Å². The number of fused-ring (bicyclic) bond motifs is 1. The number of carbonyl (C=O) groups is 3. The summed E-state index contributed by atoms with van der Waals surface area (Å²) in [5.74, 6) is 0.200. The molecule has 140 valence electrons. The summed E-state index contributed by atoms with van der Waals surface area (Å²) in [5, 5.41) is 2.86. The third-order valence-corrected chi connectivity index (χ3v) is 5.40. The average molecular weight is 358 g/mol. The first-order chi connectivity index (χ1) is 12.6. The van der Waals surface area contributed by atoms with Crippen molar-refractivity contribution in [2.24, 2.45) is 11.8 Å². The molecule has 1 N–H and O–H groups in total. The Bertz CT molecular complexity index is 664. The number of benzene rings is 1. The Labute approximate surface area is 153 Å². The van der Waals surface area contributed by atoms with Gasteiger partial charge in [-0.3, -0.25) is 19.3 Å². The Morgan fingerprint density at radius 3 is 2.46 bits per heavy atom. The summed E-state index contributed by atoms with van der Waals surface area (Å²) in [6.07, 6.45) is 4.45. The van der Waals surface area contributed by atoms with E-state index in [4.69, 9.17) is 4.74 Å². The minimum atomic E-state index is -0.148. The van der Waals surface area contributed by atoms with E-state index in [1.165, 1.54) is 4.90 Å². The number of likely N-dealkylation sites (tertiary alicyclic amines) is 1. The second-order valence-electron chi connectivity index (χ2n) is 6.99. The number of amides is 3. The van der Waals surface area contributed by atoms with Crippen molar-refractivity contribution in [2.45, 2.75) is 38.5 Å². The predicted octanol–water partition coefficient (Wildman–Crippen LogP) is 1.92. The van der Waals surface area contributed by atoms with Crippen molar-refractivity contribution in [2.75, 3.05) is 20.2 Å². The molecule has 0 bridgehead atoms. The Hall–Kier alpha value is -2.37. The maximum Gasteiger partial charge on any atom is 0.233 e. The van der Waals surface area contributed by atoms with Gasteiger partial charge in [0.2, 0.25) is 17.7 Å². The number of imide groups is 1. The number of rotatable bonds is 7. The summed E-state index contributed by atoms with van der Waals surface area (Å²) in [5.41, 5.74) is 1.03. The van der Waals surface area contributed by atoms with Gasteiger partial charge >= 0.3 is 0 Å². The van der Waals surface area contributed by atoms with Crippen LogP contribution in [0.25, 0.3) is 0 Å². The third-order valence-electron chi connectivity index (χ3n) is 5.40. The molecule has 0 spiro atoms. The highest BCUT2D eigenvalue weighted by Gasteiger charge is 2.47. The first-order valence-corrected chi connectivity index (χ1v) is 9.35. The van der Waals surface area contributed by atoms with Crippen LogP contribution >= 0.6 is 0 Å². The number of nitrogens with one attached hydrogen (secondary N) is 1. The molecular weight excluding hydrogens is 332 g/mol. The predicted molar refractivity (Wildman–Crippen MR) is 96.5 cm³/mol. The number of methoxy groups -OCH3 is 1. The highest BCUT2D eigenvalue weighted by Crippen LogP contribution is 2.37. The smallest absolute Gasteiger partial charge is 0.233 e. The summed E-state index contributed by atoms with van der Waals surface area (Å²) in [7, 11) is 1.62. The Morgan fingerprint density at radius 1 is 1.15 bits per heavy atom. The maximum atomic E-state index is 12.4. The van der Waals surface area contributed by atoms with Gasteiger partial charge in [0.05, 0.1) is 18.9 Å². The second kappa shape index (κ2) is 8.34. The quantitative estimate of drug-likeness (QED) is 0.756. The molecule has 2 atom stereocenters. The van der Waals surface area contributed by atoms with Crippen LogP contribution < -0.4 is 10.1 Å². The van der Waals surface area contributed by atoms with Crippen LogP contribution in [-0.2, 0) is 20.8 Å². The van der Waals surface area contributed by atoms with Gasteiger partial charge in [-0.05, 0) is 30.9 Å². The Balaban J connectivity index is 1.44. The van der Waals surface area contributed by atoms with Crippen molar-refractivity contribution in [3.8, 4) is 5.75 Å². The minimum absolute atomic E-state index is 0.0819. The van der Waals surface area contributed by atoms with E-state index in [2.05, 4.69) is 5.32 Å². The molecule has 26 heavy (non-hydrogen) atoms. The lowest BCUT2D eigenvalue weighted by Crippen LogP contribution is -2.35. The van der Waals surface area contributed by atoms with Gasteiger partial charge in [-0.2, -0.15) is 0 Å². The number of hydrogen-bond donors (Lipinski definition) is 1. The van der Waals surface area contributed by atoms with Gasteiger partial charge in [0, 0.05) is 19.5 Å². The molecule has 1 aliphatic carbocycles. The second-order valence-corrected chi connectivity index (χ2v) is 6.99. The van der Waals surface area contributed by atoms with Crippen LogP contribution in [0.4, 0.5) is 0 Å². The number of para-hydroxylation sites is 1. The maximum absolute atomic E-state index is 12.4. The van der Waals surface area contributed by atoms with E-state index < -0.39 is 0 Å². The van der Waals surface area contributed by atoms with Crippen LogP contribution in [0.1, 0.15) is 37.7 Å². The number of ether oxygens (including phenoxy) is 1. The van der Waals surface area contributed by atoms with E-state index in [-0.39, 0.29) is 42.5 Å². The van der Waals surface area contributed by atoms with E-state index in [0.29, 0.717) is 13.0 Å². The minimum Gasteiger partial charge on any atom is -0.496 e. The third kappa shape index (κ3) is 3.89. The van der Waals surface area contributed by atoms with Crippen molar-refractivity contribution in [3.05, 3.63) is 29.8 Å². The first kappa shape index (κ1) is 18.4. The van der Waals surface area contributed by atoms with Gasteiger partial charge in [0.15, 0.2) is 0 Å². The molecule has 1 aliphatic heterocycles. The van der Waals surface area contributed by atoms with Crippen LogP contribution in [0.3, 0.4) is 0 Å². The molecule has 1 heterocycles. The number of nitrogens with zero attached hydrogens (tertiary/aromatic N) is 1. The molecule has 6 heteroatoms. The van der Waals surface area contributed by atoms with Crippen molar-refractivity contribution >= 4 is 17.7 Å². The van der Waals surface area contributed by atoms with Crippen LogP contribution in [0, 0.1) is 11.8 Å². The Morgan fingerprint density at radius 2 is 1.81 bits per heavy atom. The molecule has 6 nitrogen and oxygen atoms in total. The zero-order valence-electron chi connectivity index (χ0n) is 15.2. The van der Waals surface area contributed by atoms with Gasteiger partial charge in [-0.1, -0.05) is 31.0 Å². The summed E-state index contributed by atoms with van der Waals surface area (Å²) in [6, 6.07) is 7.70. The lowest BCUT2D eigenvalue weighted by Gasteiger charge is -2.19. The van der Waals surface area contributed by atoms with Crippen LogP contribution in [-0.4, -0.2) is 42.8 Å². The lowest BCUT2D eigenvalue weighted by atomic mass is 9.81. The fourth-order valence-corrected chi connectivity index (χ4v) is 4.00. The zero-order valence-corrected chi connectivity index (χ0v) is 15.2. The molecule has 0 aromatic heterocycles. The molecule has 3 rings (SSSR count). The van der Waals surface area contributed by atoms with E-state index in [0.717, 1.165) is 37.0 Å². The molecule has 1 aromatic rings. The van der Waals surface area contributed by atoms with Gasteiger partial charge in [-0.15, -0.1) is 0 Å². The van der Waals surface area contributed by atoms with Gasteiger partial charge in [0.1, 0.15) is 5.75 Å². The van der Waals surface area contributed by atoms with E-state index in [1.807, 2.05) is 24.3 Å². The Kier molecular flexibility index (Phi) is 5.91. The lowest BCUT2D eigenvalue weighted by molar-refractivity contribution is -0.140. The van der Waals surface area contributed by atoms with Crippen molar-refractivity contribution in [1.29, 1.82) is 0 Å². The van der Waals surface area contributed by atoms with Crippen LogP contribution in [0.2, 0.25) is 0 Å². The molecule has 3 amide bonds. The summed E-state index contributed by atoms with van der Waals surface area (Å²) >= 11 is 0. The van der Waals surface area contributed by atoms with E-state index in [1.54, 1.807) is 7.11 Å². The summed E-state index contributed by atoms with van der Waals surface area (Å²) < 4.78 is 5.29. The molecule has 1 saturated carbocycles. The fourth-order valence-electron chi connectivity index (χ4n) is 4.00. The fraction of sp³-hybridized carbons (Fsp3) is 0.550. The molecule has 2 unspecified atom stereocenters. The monoisotopic (exact) mass is 358 g/mol. The van der Waals surface area contributed by atoms with Gasteiger partial charge < -0.3 is 10.1 Å². The molecule has 2 aliphatic rings. The van der Waals surface area contributed by atoms with Crippen LogP contribution in [0.5, 0.6) is 5.75 Å². The number of carbonyl (C=O) groups excluding carboxylic acids is 3. The average Bonchev–Trinajstić information content (AvgIpc) is 2.91. The normalized spacial score (nSPS) is 22.3. The molecule has 1 aromatic carbocycles. The van der Waals surface area contributed by atoms with Crippen molar-refractivity contribution < 1.29 is 19.1 Å². The standard InChI is InChI=1S/C20H26N2O4/c1-26-17-9-5-2-6-14(17)10-12-21-18(23)11-13-22-19(24)15-7-3-4-8-16(15)20(22)25/h2,5-6,9,15-16H,3-4,7-8,10-13H2,1H3,(H,21,23). The van der Waals surface area contributed by atoms with Gasteiger partial charge in [-0.25, -0.2) is 0 Å². The SMILES string of the molecule is COc1ccccc1CCNC(=O)CCN1C(=O)C2CCCCC2C1=O. The highest BCUT2D eigenvalue weighted by atomic mass is 16.5. The van der Waals surface area contributed by atoms with Gasteiger partial charge in [0.25, 0.3) is 0 Å². The molecule has 1 saturated heterocycles. The van der Waals surface area contributed by atoms with Crippen molar-refractivity contribution in [3.63, 3.8) is 0 Å². The summed E-state index contributed by atoms with van der Waals surface area (Å²) in [4.78, 5) is 38.2. The van der Waals surface area contributed by atoms with Crippen LogP contribution in [0.15, 0.2) is 24.3 Å². The highest BCUT2D eigenvalue weighted by molar-refractivity contribution is 6.05. The molecular formula is C20H26N2O4. The largest absolute Gasteiger partial charge is 0.496 e. The number of hydrogen-bond acceptors (Lipinski definition) is 4.